The summed E-state index contributed by atoms with van der Waals surface area (Å²) in [4.78, 5) is 25.4. The van der Waals surface area contributed by atoms with Gasteiger partial charge in [0.15, 0.2) is 0 Å². The van der Waals surface area contributed by atoms with Crippen LogP contribution < -0.4 is 5.32 Å². The molecule has 1 aliphatic rings. The zero-order chi connectivity index (χ0) is 15.2. The summed E-state index contributed by atoms with van der Waals surface area (Å²) in [6, 6.07) is 0.320. The van der Waals surface area contributed by atoms with E-state index in [9.17, 15) is 9.59 Å². The van der Waals surface area contributed by atoms with Crippen LogP contribution in [0.5, 0.6) is 0 Å². The highest BCUT2D eigenvalue weighted by Crippen LogP contribution is 2.23. The molecule has 0 heterocycles. The lowest BCUT2D eigenvalue weighted by atomic mass is 10.2. The van der Waals surface area contributed by atoms with E-state index in [1.165, 1.54) is 12.8 Å². The molecule has 0 bridgehead atoms. The van der Waals surface area contributed by atoms with Gasteiger partial charge >= 0.3 is 6.09 Å². The molecule has 2 amide bonds. The second-order valence-corrected chi connectivity index (χ2v) is 6.65. The molecule has 1 saturated carbocycles. The summed E-state index contributed by atoms with van der Waals surface area (Å²) in [6.07, 6.45) is 4.04. The molecule has 116 valence electrons. The summed E-state index contributed by atoms with van der Waals surface area (Å²) >= 11 is 3.22. The molecule has 1 fully saturated rings. The van der Waals surface area contributed by atoms with Crippen molar-refractivity contribution in [1.29, 1.82) is 0 Å². The maximum Gasteiger partial charge on any atom is 0.407 e. The van der Waals surface area contributed by atoms with E-state index in [-0.39, 0.29) is 5.91 Å². The molecule has 1 aliphatic carbocycles. The number of hydrogen-bond acceptors (Lipinski definition) is 3. The Morgan fingerprint density at radius 1 is 1.30 bits per heavy atom. The molecule has 0 aromatic rings. The van der Waals surface area contributed by atoms with Crippen molar-refractivity contribution < 1.29 is 14.3 Å². The van der Waals surface area contributed by atoms with Crippen molar-refractivity contribution in [2.75, 3.05) is 18.4 Å². The second-order valence-electron chi connectivity index (χ2n) is 6.09. The monoisotopic (exact) mass is 348 g/mol. The van der Waals surface area contributed by atoms with Crippen LogP contribution in [0.25, 0.3) is 0 Å². The van der Waals surface area contributed by atoms with Crippen molar-refractivity contribution in [3.8, 4) is 0 Å². The lowest BCUT2D eigenvalue weighted by molar-refractivity contribution is -0.130. The van der Waals surface area contributed by atoms with Crippen LogP contribution in [-0.4, -0.2) is 47.0 Å². The van der Waals surface area contributed by atoms with Crippen LogP contribution >= 0.6 is 15.9 Å². The van der Waals surface area contributed by atoms with Crippen molar-refractivity contribution in [1.82, 2.24) is 10.2 Å². The fourth-order valence-electron chi connectivity index (χ4n) is 2.40. The number of halogens is 1. The van der Waals surface area contributed by atoms with Gasteiger partial charge in [-0.1, -0.05) is 28.8 Å². The van der Waals surface area contributed by atoms with E-state index in [1.807, 2.05) is 25.7 Å². The van der Waals surface area contributed by atoms with Gasteiger partial charge in [0.25, 0.3) is 0 Å². The first kappa shape index (κ1) is 17.3. The van der Waals surface area contributed by atoms with Crippen molar-refractivity contribution in [3.05, 3.63) is 0 Å². The lowest BCUT2D eigenvalue weighted by Gasteiger charge is -2.29. The fraction of sp³-hybridized carbons (Fsp3) is 0.857. The maximum absolute atomic E-state index is 11.9. The van der Waals surface area contributed by atoms with Gasteiger partial charge in [-0.2, -0.15) is 0 Å². The van der Waals surface area contributed by atoms with Gasteiger partial charge in [0, 0.05) is 19.1 Å². The highest BCUT2D eigenvalue weighted by molar-refractivity contribution is 9.09. The van der Waals surface area contributed by atoms with Crippen molar-refractivity contribution in [2.24, 2.45) is 0 Å². The van der Waals surface area contributed by atoms with Crippen molar-refractivity contribution >= 4 is 27.9 Å². The average Bonchev–Trinajstić information content (AvgIpc) is 2.85. The van der Waals surface area contributed by atoms with Crippen molar-refractivity contribution in [2.45, 2.75) is 58.1 Å². The summed E-state index contributed by atoms with van der Waals surface area (Å²) < 4.78 is 5.17. The van der Waals surface area contributed by atoms with Crippen LogP contribution in [0.3, 0.4) is 0 Å². The lowest BCUT2D eigenvalue weighted by Crippen LogP contribution is -2.45. The third-order valence-corrected chi connectivity index (χ3v) is 3.70. The van der Waals surface area contributed by atoms with E-state index >= 15 is 0 Å². The third-order valence-electron chi connectivity index (χ3n) is 3.22. The van der Waals surface area contributed by atoms with Gasteiger partial charge in [0.1, 0.15) is 5.60 Å². The van der Waals surface area contributed by atoms with Crippen LogP contribution in [0, 0.1) is 0 Å². The highest BCUT2D eigenvalue weighted by atomic mass is 79.9. The van der Waals surface area contributed by atoms with E-state index in [0.717, 1.165) is 12.8 Å². The number of carbonyl (C=O) groups excluding carboxylic acids is 2. The molecule has 0 spiro atoms. The van der Waals surface area contributed by atoms with E-state index in [4.69, 9.17) is 4.74 Å². The maximum atomic E-state index is 11.9. The first-order valence-electron chi connectivity index (χ1n) is 7.16. The number of rotatable bonds is 5. The summed E-state index contributed by atoms with van der Waals surface area (Å²) in [6.45, 7) is 6.43. The van der Waals surface area contributed by atoms with Crippen molar-refractivity contribution in [3.63, 3.8) is 0 Å². The van der Waals surface area contributed by atoms with E-state index < -0.39 is 11.7 Å². The Kier molecular flexibility index (Phi) is 6.79. The van der Waals surface area contributed by atoms with Crippen LogP contribution in [0.4, 0.5) is 4.79 Å². The SMILES string of the molecule is CC(C)(C)OC(=O)NCCN(C(=O)CBr)C1CCCC1. The van der Waals surface area contributed by atoms with E-state index in [2.05, 4.69) is 21.2 Å². The minimum Gasteiger partial charge on any atom is -0.444 e. The number of carbonyl (C=O) groups is 2. The highest BCUT2D eigenvalue weighted by Gasteiger charge is 2.26. The summed E-state index contributed by atoms with van der Waals surface area (Å²) in [5.41, 5.74) is -0.499. The van der Waals surface area contributed by atoms with Gasteiger partial charge in [-0.05, 0) is 33.6 Å². The number of alkyl carbamates (subject to hydrolysis) is 1. The van der Waals surface area contributed by atoms with Crippen LogP contribution in [0.15, 0.2) is 0 Å². The minimum absolute atomic E-state index is 0.0860. The van der Waals surface area contributed by atoms with Crippen LogP contribution in [-0.2, 0) is 9.53 Å². The Morgan fingerprint density at radius 2 is 1.90 bits per heavy atom. The second kappa shape index (κ2) is 7.86. The normalized spacial score (nSPS) is 16.0. The summed E-state index contributed by atoms with van der Waals surface area (Å²) in [7, 11) is 0. The van der Waals surface area contributed by atoms with Crippen LogP contribution in [0.2, 0.25) is 0 Å². The molecular formula is C14H25BrN2O3. The van der Waals surface area contributed by atoms with Gasteiger partial charge < -0.3 is 15.0 Å². The number of nitrogens with zero attached hydrogens (tertiary/aromatic N) is 1. The van der Waals surface area contributed by atoms with Gasteiger partial charge in [-0.15, -0.1) is 0 Å². The Bertz CT molecular complexity index is 336. The molecule has 0 aliphatic heterocycles. The Morgan fingerprint density at radius 3 is 2.40 bits per heavy atom. The molecule has 1 N–H and O–H groups in total. The molecule has 0 radical (unpaired) electrons. The Hall–Kier alpha value is -0.780. The first-order valence-corrected chi connectivity index (χ1v) is 8.28. The number of hydrogen-bond donors (Lipinski definition) is 1. The zero-order valence-electron chi connectivity index (χ0n) is 12.6. The van der Waals surface area contributed by atoms with E-state index in [1.54, 1.807) is 0 Å². The molecule has 6 heteroatoms. The fourth-order valence-corrected chi connectivity index (χ4v) is 2.72. The Labute approximate surface area is 129 Å². The Balaban J connectivity index is 2.39. The van der Waals surface area contributed by atoms with Gasteiger partial charge in [0.2, 0.25) is 5.91 Å². The quantitative estimate of drug-likeness (QED) is 0.777. The first-order chi connectivity index (χ1) is 9.33. The molecule has 0 atom stereocenters. The number of nitrogens with one attached hydrogen (secondary N) is 1. The molecule has 0 saturated heterocycles. The molecule has 0 unspecified atom stereocenters. The van der Waals surface area contributed by atoms with Crippen LogP contribution in [0.1, 0.15) is 46.5 Å². The largest absolute Gasteiger partial charge is 0.444 e. The van der Waals surface area contributed by atoms with Gasteiger partial charge in [0.05, 0.1) is 5.33 Å². The molecular weight excluding hydrogens is 324 g/mol. The average molecular weight is 349 g/mol. The van der Waals surface area contributed by atoms with Gasteiger partial charge in [-0.25, -0.2) is 4.79 Å². The standard InChI is InChI=1S/C14H25BrN2O3/c1-14(2,3)20-13(19)16-8-9-17(12(18)10-15)11-6-4-5-7-11/h11H,4-10H2,1-3H3,(H,16,19). The molecule has 0 aromatic carbocycles. The minimum atomic E-state index is -0.499. The molecule has 1 rings (SSSR count). The van der Waals surface area contributed by atoms with E-state index in [0.29, 0.717) is 24.5 Å². The number of ether oxygens (including phenoxy) is 1. The summed E-state index contributed by atoms with van der Waals surface area (Å²) in [5, 5.41) is 3.03. The molecule has 5 nitrogen and oxygen atoms in total. The topological polar surface area (TPSA) is 58.6 Å². The molecule has 20 heavy (non-hydrogen) atoms. The third kappa shape index (κ3) is 6.11. The smallest absolute Gasteiger partial charge is 0.407 e. The predicted molar refractivity (Wildman–Crippen MR) is 82.0 cm³/mol. The number of amides is 2. The molecule has 0 aromatic heterocycles. The number of alkyl halides is 1. The van der Waals surface area contributed by atoms with Gasteiger partial charge in [-0.3, -0.25) is 4.79 Å². The predicted octanol–water partition coefficient (Wildman–Crippen LogP) is 2.68. The summed E-state index contributed by atoms with van der Waals surface area (Å²) in [5.74, 6) is 0.0860. The zero-order valence-corrected chi connectivity index (χ0v) is 14.2.